The van der Waals surface area contributed by atoms with E-state index >= 15 is 0 Å². The number of benzene rings is 2. The fraction of sp³-hybridized carbons (Fsp3) is 0.133. The highest BCUT2D eigenvalue weighted by atomic mass is 35.5. The monoisotopic (exact) mass is 276 g/mol. The Balaban J connectivity index is 2.73. The Bertz CT molecular complexity index is 662. The average molecular weight is 277 g/mol. The van der Waals surface area contributed by atoms with Crippen LogP contribution in [0.3, 0.4) is 0 Å². The van der Waals surface area contributed by atoms with Gasteiger partial charge < -0.3 is 9.47 Å². The molecule has 0 spiro atoms. The zero-order chi connectivity index (χ0) is 14.0. The molecule has 0 aliphatic heterocycles. The first-order chi connectivity index (χ1) is 9.06. The molecular weight excluding hydrogens is 264 g/mol. The maximum absolute atomic E-state index is 11.4. The number of hydrogen-bond acceptors (Lipinski definition) is 3. The van der Waals surface area contributed by atoms with Gasteiger partial charge in [-0.15, -0.1) is 0 Å². The molecule has 0 aliphatic rings. The number of methoxy groups -OCH3 is 1. The van der Waals surface area contributed by atoms with Gasteiger partial charge in [0.1, 0.15) is 11.5 Å². The Morgan fingerprint density at radius 3 is 2.68 bits per heavy atom. The van der Waals surface area contributed by atoms with Crippen LogP contribution in [0.15, 0.2) is 36.9 Å². The predicted molar refractivity (Wildman–Crippen MR) is 76.1 cm³/mol. The van der Waals surface area contributed by atoms with E-state index < -0.39 is 5.97 Å². The molecule has 2 aromatic rings. The topological polar surface area (TPSA) is 35.5 Å². The lowest BCUT2D eigenvalue weighted by Crippen LogP contribution is -2.05. The molecule has 0 aliphatic carbocycles. The fourth-order valence-corrected chi connectivity index (χ4v) is 2.09. The molecule has 0 unspecified atom stereocenters. The van der Waals surface area contributed by atoms with E-state index in [1.165, 1.54) is 0 Å². The summed E-state index contributed by atoms with van der Waals surface area (Å²) in [4.78, 5) is 11.4. The summed E-state index contributed by atoms with van der Waals surface area (Å²) in [6.45, 7) is 5.24. The van der Waals surface area contributed by atoms with E-state index in [2.05, 4.69) is 6.58 Å². The van der Waals surface area contributed by atoms with Crippen molar-refractivity contribution in [1.29, 1.82) is 0 Å². The minimum Gasteiger partial charge on any atom is -0.496 e. The first-order valence-corrected chi connectivity index (χ1v) is 6.05. The summed E-state index contributed by atoms with van der Waals surface area (Å²) in [6.07, 6.45) is 1.13. The number of esters is 1. The predicted octanol–water partition coefficient (Wildman–Crippen LogP) is 3.90. The first-order valence-electron chi connectivity index (χ1n) is 5.68. The van der Waals surface area contributed by atoms with Crippen LogP contribution in [-0.2, 0) is 4.79 Å². The first kappa shape index (κ1) is 13.4. The molecule has 2 rings (SSSR count). The smallest absolute Gasteiger partial charge is 0.335 e. The molecule has 2 aromatic carbocycles. The second-order valence-electron chi connectivity index (χ2n) is 4.04. The number of carbonyl (C=O) groups excluding carboxylic acids is 1. The van der Waals surface area contributed by atoms with E-state index in [1.807, 2.05) is 13.0 Å². The van der Waals surface area contributed by atoms with Crippen LogP contribution >= 0.6 is 11.6 Å². The SMILES string of the molecule is C=CC(=O)Oc1c(C)cc(OC)c2cc(Cl)ccc12. The Labute approximate surface area is 116 Å². The highest BCUT2D eigenvalue weighted by Crippen LogP contribution is 2.37. The quantitative estimate of drug-likeness (QED) is 0.484. The van der Waals surface area contributed by atoms with Crippen molar-refractivity contribution in [2.75, 3.05) is 7.11 Å². The van der Waals surface area contributed by atoms with Crippen LogP contribution in [0.1, 0.15) is 5.56 Å². The van der Waals surface area contributed by atoms with E-state index in [-0.39, 0.29) is 0 Å². The van der Waals surface area contributed by atoms with Crippen molar-refractivity contribution in [3.8, 4) is 11.5 Å². The number of aryl methyl sites for hydroxylation is 1. The van der Waals surface area contributed by atoms with E-state index in [4.69, 9.17) is 21.1 Å². The van der Waals surface area contributed by atoms with Gasteiger partial charge in [-0.05, 0) is 36.8 Å². The normalized spacial score (nSPS) is 10.3. The summed E-state index contributed by atoms with van der Waals surface area (Å²) in [5, 5.41) is 2.17. The third-order valence-electron chi connectivity index (χ3n) is 2.79. The lowest BCUT2D eigenvalue weighted by Gasteiger charge is -2.13. The minimum atomic E-state index is -0.496. The zero-order valence-electron chi connectivity index (χ0n) is 10.7. The molecule has 0 saturated carbocycles. The van der Waals surface area contributed by atoms with Gasteiger partial charge in [0.15, 0.2) is 0 Å². The van der Waals surface area contributed by atoms with Crippen molar-refractivity contribution in [2.45, 2.75) is 6.92 Å². The van der Waals surface area contributed by atoms with E-state index in [0.29, 0.717) is 16.5 Å². The standard InChI is InChI=1S/C15H13ClO3/c1-4-14(17)19-15-9(2)7-13(18-3)12-8-10(16)5-6-11(12)15/h4-8H,1H2,2-3H3. The summed E-state index contributed by atoms with van der Waals surface area (Å²) < 4.78 is 10.6. The van der Waals surface area contributed by atoms with Crippen molar-refractivity contribution in [1.82, 2.24) is 0 Å². The number of rotatable bonds is 3. The maximum atomic E-state index is 11.4. The minimum absolute atomic E-state index is 0.496. The Morgan fingerprint density at radius 2 is 2.05 bits per heavy atom. The third kappa shape index (κ3) is 2.56. The van der Waals surface area contributed by atoms with Crippen molar-refractivity contribution in [3.63, 3.8) is 0 Å². The van der Waals surface area contributed by atoms with E-state index in [9.17, 15) is 4.79 Å². The highest BCUT2D eigenvalue weighted by Gasteiger charge is 2.13. The molecule has 19 heavy (non-hydrogen) atoms. The number of carbonyl (C=O) groups is 1. The van der Waals surface area contributed by atoms with Crippen LogP contribution in [0.5, 0.6) is 11.5 Å². The summed E-state index contributed by atoms with van der Waals surface area (Å²) >= 11 is 5.99. The molecule has 98 valence electrons. The van der Waals surface area contributed by atoms with Crippen LogP contribution in [0, 0.1) is 6.92 Å². The van der Waals surface area contributed by atoms with Crippen molar-refractivity contribution in [3.05, 3.63) is 47.5 Å². The lowest BCUT2D eigenvalue weighted by molar-refractivity contribution is -0.128. The van der Waals surface area contributed by atoms with Crippen molar-refractivity contribution in [2.24, 2.45) is 0 Å². The van der Waals surface area contributed by atoms with Gasteiger partial charge in [0.05, 0.1) is 7.11 Å². The zero-order valence-corrected chi connectivity index (χ0v) is 11.5. The van der Waals surface area contributed by atoms with E-state index in [1.54, 1.807) is 25.3 Å². The maximum Gasteiger partial charge on any atom is 0.335 e. The molecule has 0 saturated heterocycles. The highest BCUT2D eigenvalue weighted by molar-refractivity contribution is 6.31. The lowest BCUT2D eigenvalue weighted by atomic mass is 10.0. The molecule has 0 fully saturated rings. The van der Waals surface area contributed by atoms with Gasteiger partial charge in [-0.25, -0.2) is 4.79 Å². The van der Waals surface area contributed by atoms with Gasteiger partial charge in [-0.3, -0.25) is 0 Å². The van der Waals surface area contributed by atoms with E-state index in [0.717, 1.165) is 22.4 Å². The van der Waals surface area contributed by atoms with Crippen LogP contribution in [-0.4, -0.2) is 13.1 Å². The van der Waals surface area contributed by atoms with Crippen LogP contribution in [0.4, 0.5) is 0 Å². The molecule has 3 nitrogen and oxygen atoms in total. The molecule has 0 N–H and O–H groups in total. The number of fused-ring (bicyclic) bond motifs is 1. The van der Waals surface area contributed by atoms with Gasteiger partial charge >= 0.3 is 5.97 Å². The fourth-order valence-electron chi connectivity index (χ4n) is 1.92. The van der Waals surface area contributed by atoms with Gasteiger partial charge in [0.25, 0.3) is 0 Å². The van der Waals surface area contributed by atoms with Gasteiger partial charge in [-0.2, -0.15) is 0 Å². The molecule has 0 heterocycles. The largest absolute Gasteiger partial charge is 0.496 e. The Morgan fingerprint density at radius 1 is 1.32 bits per heavy atom. The van der Waals surface area contributed by atoms with Crippen molar-refractivity contribution >= 4 is 28.3 Å². The number of hydrogen-bond donors (Lipinski definition) is 0. The second kappa shape index (κ2) is 5.33. The van der Waals surface area contributed by atoms with Crippen LogP contribution in [0.25, 0.3) is 10.8 Å². The number of halogens is 1. The molecule has 0 bridgehead atoms. The molecule has 0 atom stereocenters. The number of ether oxygens (including phenoxy) is 2. The second-order valence-corrected chi connectivity index (χ2v) is 4.48. The molecular formula is C15H13ClO3. The average Bonchev–Trinajstić information content (AvgIpc) is 2.41. The Kier molecular flexibility index (Phi) is 3.76. The summed E-state index contributed by atoms with van der Waals surface area (Å²) in [7, 11) is 1.59. The van der Waals surface area contributed by atoms with Crippen LogP contribution in [0.2, 0.25) is 5.02 Å². The molecule has 4 heteroatoms. The molecule has 0 amide bonds. The summed E-state index contributed by atoms with van der Waals surface area (Å²) in [5.74, 6) is 0.690. The van der Waals surface area contributed by atoms with Gasteiger partial charge in [0, 0.05) is 21.9 Å². The third-order valence-corrected chi connectivity index (χ3v) is 3.02. The Hall–Kier alpha value is -2.00. The van der Waals surface area contributed by atoms with Crippen LogP contribution < -0.4 is 9.47 Å². The van der Waals surface area contributed by atoms with Gasteiger partial charge in [-0.1, -0.05) is 18.2 Å². The van der Waals surface area contributed by atoms with Crippen molar-refractivity contribution < 1.29 is 14.3 Å². The molecule has 0 radical (unpaired) electrons. The molecule has 0 aromatic heterocycles. The summed E-state index contributed by atoms with van der Waals surface area (Å²) in [5.41, 5.74) is 0.807. The summed E-state index contributed by atoms with van der Waals surface area (Å²) in [6, 6.07) is 7.14. The van der Waals surface area contributed by atoms with Gasteiger partial charge in [0.2, 0.25) is 0 Å².